The van der Waals surface area contributed by atoms with Crippen molar-refractivity contribution in [3.05, 3.63) is 51.5 Å². The lowest BCUT2D eigenvalue weighted by Gasteiger charge is -2.25. The number of aryl methyl sites for hydroxylation is 2. The highest BCUT2D eigenvalue weighted by atomic mass is 32.1. The minimum Gasteiger partial charge on any atom is -0.355 e. The Morgan fingerprint density at radius 3 is 2.67 bits per heavy atom. The molecule has 2 aromatic rings. The molecule has 0 radical (unpaired) electrons. The van der Waals surface area contributed by atoms with Crippen LogP contribution in [0, 0.1) is 13.8 Å². The molecule has 5 heteroatoms. The number of guanidine groups is 1. The number of hydrogen-bond acceptors (Lipinski definition) is 3. The van der Waals surface area contributed by atoms with Gasteiger partial charge in [-0.25, -0.2) is 4.98 Å². The molecule has 0 atom stereocenters. The highest BCUT2D eigenvalue weighted by molar-refractivity contribution is 7.09. The summed E-state index contributed by atoms with van der Waals surface area (Å²) in [7, 11) is 3.91. The first-order valence-corrected chi connectivity index (χ1v) is 9.31. The summed E-state index contributed by atoms with van der Waals surface area (Å²) in [5.74, 6) is 0.931. The van der Waals surface area contributed by atoms with E-state index in [1.165, 1.54) is 24.0 Å². The molecule has 1 aliphatic rings. The third-order valence-corrected chi connectivity index (χ3v) is 5.62. The SMILES string of the molecule is CN=C(NCC1(c2ccccc2C)CC1)N(C)Cc1csc(C)n1. The van der Waals surface area contributed by atoms with Crippen LogP contribution in [-0.2, 0) is 12.0 Å². The summed E-state index contributed by atoms with van der Waals surface area (Å²) in [6, 6.07) is 8.74. The van der Waals surface area contributed by atoms with Crippen molar-refractivity contribution in [3.63, 3.8) is 0 Å². The van der Waals surface area contributed by atoms with Gasteiger partial charge in [-0.3, -0.25) is 4.99 Å². The Labute approximate surface area is 148 Å². The van der Waals surface area contributed by atoms with Gasteiger partial charge >= 0.3 is 0 Å². The van der Waals surface area contributed by atoms with E-state index in [0.29, 0.717) is 0 Å². The number of rotatable bonds is 5. The van der Waals surface area contributed by atoms with Crippen molar-refractivity contribution in [1.29, 1.82) is 0 Å². The zero-order chi connectivity index (χ0) is 17.2. The van der Waals surface area contributed by atoms with Crippen molar-refractivity contribution in [2.45, 2.75) is 38.6 Å². The fourth-order valence-corrected chi connectivity index (χ4v) is 3.90. The van der Waals surface area contributed by atoms with Crippen molar-refractivity contribution < 1.29 is 0 Å². The van der Waals surface area contributed by atoms with Crippen LogP contribution < -0.4 is 5.32 Å². The summed E-state index contributed by atoms with van der Waals surface area (Å²) in [5.41, 5.74) is 4.24. The molecule has 0 bridgehead atoms. The molecular weight excluding hydrogens is 316 g/mol. The minimum absolute atomic E-state index is 0.277. The first-order valence-electron chi connectivity index (χ1n) is 8.43. The topological polar surface area (TPSA) is 40.5 Å². The van der Waals surface area contributed by atoms with Crippen LogP contribution >= 0.6 is 11.3 Å². The second kappa shape index (κ2) is 6.93. The molecule has 1 aliphatic carbocycles. The number of thiazole rings is 1. The zero-order valence-electron chi connectivity index (χ0n) is 15.0. The van der Waals surface area contributed by atoms with Crippen LogP contribution in [0.25, 0.3) is 0 Å². The van der Waals surface area contributed by atoms with E-state index < -0.39 is 0 Å². The third-order valence-electron chi connectivity index (χ3n) is 4.79. The van der Waals surface area contributed by atoms with E-state index in [4.69, 9.17) is 0 Å². The van der Waals surface area contributed by atoms with E-state index in [1.807, 2.05) is 14.0 Å². The van der Waals surface area contributed by atoms with Crippen molar-refractivity contribution in [3.8, 4) is 0 Å². The Hall–Kier alpha value is -1.88. The predicted octanol–water partition coefficient (Wildman–Crippen LogP) is 3.50. The van der Waals surface area contributed by atoms with Gasteiger partial charge < -0.3 is 10.2 Å². The fourth-order valence-electron chi connectivity index (χ4n) is 3.29. The quantitative estimate of drug-likeness (QED) is 0.668. The van der Waals surface area contributed by atoms with Gasteiger partial charge in [-0.2, -0.15) is 0 Å². The van der Waals surface area contributed by atoms with Gasteiger partial charge in [-0.1, -0.05) is 24.3 Å². The highest BCUT2D eigenvalue weighted by Crippen LogP contribution is 2.48. The monoisotopic (exact) mass is 342 g/mol. The molecule has 1 fully saturated rings. The van der Waals surface area contributed by atoms with E-state index in [1.54, 1.807) is 11.3 Å². The molecular formula is C19H26N4S. The summed E-state index contributed by atoms with van der Waals surface area (Å²) in [4.78, 5) is 11.1. The Morgan fingerprint density at radius 1 is 1.33 bits per heavy atom. The molecule has 1 aromatic heterocycles. The Morgan fingerprint density at radius 2 is 2.08 bits per heavy atom. The molecule has 0 amide bonds. The maximum atomic E-state index is 4.54. The molecule has 0 unspecified atom stereocenters. The smallest absolute Gasteiger partial charge is 0.193 e. The van der Waals surface area contributed by atoms with E-state index in [0.717, 1.165) is 29.8 Å². The van der Waals surface area contributed by atoms with Crippen LogP contribution in [0.4, 0.5) is 0 Å². The van der Waals surface area contributed by atoms with Crippen LogP contribution in [0.5, 0.6) is 0 Å². The van der Waals surface area contributed by atoms with Gasteiger partial charge in [-0.15, -0.1) is 11.3 Å². The summed E-state index contributed by atoms with van der Waals surface area (Å²) in [6.45, 7) is 5.97. The van der Waals surface area contributed by atoms with E-state index >= 15 is 0 Å². The fraction of sp³-hybridized carbons (Fsp3) is 0.474. The number of aromatic nitrogens is 1. The number of benzene rings is 1. The van der Waals surface area contributed by atoms with E-state index in [2.05, 4.69) is 63.8 Å². The van der Waals surface area contributed by atoms with E-state index in [9.17, 15) is 0 Å². The Kier molecular flexibility index (Phi) is 4.90. The summed E-state index contributed by atoms with van der Waals surface area (Å²) >= 11 is 1.69. The van der Waals surface area contributed by atoms with Gasteiger partial charge in [0, 0.05) is 31.4 Å². The van der Waals surface area contributed by atoms with Crippen LogP contribution in [0.1, 0.15) is 34.7 Å². The lowest BCUT2D eigenvalue weighted by molar-refractivity contribution is 0.464. The van der Waals surface area contributed by atoms with Gasteiger partial charge in [0.05, 0.1) is 17.2 Å². The van der Waals surface area contributed by atoms with E-state index in [-0.39, 0.29) is 5.41 Å². The summed E-state index contributed by atoms with van der Waals surface area (Å²) < 4.78 is 0. The normalized spacial score (nSPS) is 16.1. The molecule has 3 rings (SSSR count). The molecule has 0 saturated heterocycles. The maximum absolute atomic E-state index is 4.54. The zero-order valence-corrected chi connectivity index (χ0v) is 15.8. The van der Waals surface area contributed by atoms with Gasteiger partial charge in [0.2, 0.25) is 0 Å². The second-order valence-electron chi connectivity index (χ2n) is 6.71. The molecule has 128 valence electrons. The molecule has 0 aliphatic heterocycles. The van der Waals surface area contributed by atoms with Gasteiger partial charge in [-0.05, 0) is 37.8 Å². The van der Waals surface area contributed by atoms with Crippen LogP contribution in [0.3, 0.4) is 0 Å². The van der Waals surface area contributed by atoms with Gasteiger partial charge in [0.25, 0.3) is 0 Å². The summed E-state index contributed by atoms with van der Waals surface area (Å²) in [6.07, 6.45) is 2.49. The molecule has 1 saturated carbocycles. The van der Waals surface area contributed by atoms with Crippen molar-refractivity contribution in [2.24, 2.45) is 4.99 Å². The Balaban J connectivity index is 1.63. The lowest BCUT2D eigenvalue weighted by Crippen LogP contribution is -2.42. The highest BCUT2D eigenvalue weighted by Gasteiger charge is 2.45. The maximum Gasteiger partial charge on any atom is 0.193 e. The molecule has 0 spiro atoms. The standard InChI is InChI=1S/C19H26N4S/c1-14-7-5-6-8-17(14)19(9-10-19)13-21-18(20-3)23(4)11-16-12-24-15(2)22-16/h5-8,12H,9-11,13H2,1-4H3,(H,20,21). The Bertz CT molecular complexity index is 730. The van der Waals surface area contributed by atoms with Crippen LogP contribution in [0.15, 0.2) is 34.6 Å². The number of hydrogen-bond donors (Lipinski definition) is 1. The number of nitrogens with one attached hydrogen (secondary N) is 1. The third kappa shape index (κ3) is 3.61. The van der Waals surface area contributed by atoms with Gasteiger partial charge in [0.15, 0.2) is 5.96 Å². The van der Waals surface area contributed by atoms with Gasteiger partial charge in [0.1, 0.15) is 0 Å². The summed E-state index contributed by atoms with van der Waals surface area (Å²) in [5, 5.41) is 6.81. The van der Waals surface area contributed by atoms with Crippen molar-refractivity contribution in [2.75, 3.05) is 20.6 Å². The molecule has 1 N–H and O–H groups in total. The lowest BCUT2D eigenvalue weighted by atomic mass is 9.92. The second-order valence-corrected chi connectivity index (χ2v) is 7.77. The number of aliphatic imine (C=N–C) groups is 1. The van der Waals surface area contributed by atoms with Crippen LogP contribution in [0.2, 0.25) is 0 Å². The van der Waals surface area contributed by atoms with Crippen LogP contribution in [-0.4, -0.2) is 36.5 Å². The first kappa shape index (κ1) is 17.0. The van der Waals surface area contributed by atoms with Crippen molar-refractivity contribution >= 4 is 17.3 Å². The average molecular weight is 343 g/mol. The first-order chi connectivity index (χ1) is 11.5. The van der Waals surface area contributed by atoms with Crippen molar-refractivity contribution in [1.82, 2.24) is 15.2 Å². The number of nitrogens with zero attached hydrogens (tertiary/aromatic N) is 3. The minimum atomic E-state index is 0.277. The molecule has 4 nitrogen and oxygen atoms in total. The molecule has 24 heavy (non-hydrogen) atoms. The average Bonchev–Trinajstić information content (AvgIpc) is 3.24. The molecule has 1 heterocycles. The largest absolute Gasteiger partial charge is 0.355 e. The molecule has 1 aromatic carbocycles. The predicted molar refractivity (Wildman–Crippen MR) is 102 cm³/mol.